The second-order valence-corrected chi connectivity index (χ2v) is 6.30. The first-order chi connectivity index (χ1) is 12.0. The normalized spacial score (nSPS) is 15.0. The number of pyridine rings is 1. The Morgan fingerprint density at radius 2 is 2.12 bits per heavy atom. The summed E-state index contributed by atoms with van der Waals surface area (Å²) in [5.74, 6) is -0.146. The number of amides is 2. The summed E-state index contributed by atoms with van der Waals surface area (Å²) in [5, 5.41) is 2.88. The summed E-state index contributed by atoms with van der Waals surface area (Å²) in [5.41, 5.74) is 2.97. The van der Waals surface area contributed by atoms with Gasteiger partial charge in [-0.3, -0.25) is 14.6 Å². The van der Waals surface area contributed by atoms with E-state index in [-0.39, 0.29) is 17.9 Å². The summed E-state index contributed by atoms with van der Waals surface area (Å²) in [6.07, 6.45) is 2.16. The van der Waals surface area contributed by atoms with Crippen LogP contribution in [0.3, 0.4) is 0 Å². The second kappa shape index (κ2) is 6.93. The van der Waals surface area contributed by atoms with Gasteiger partial charge in [0, 0.05) is 38.8 Å². The molecule has 0 fully saturated rings. The molecule has 6 nitrogen and oxygen atoms in total. The summed E-state index contributed by atoms with van der Waals surface area (Å²) in [4.78, 5) is 32.7. The molecule has 2 heterocycles. The lowest BCUT2D eigenvalue weighted by Gasteiger charge is -2.25. The molecular weight excluding hydrogens is 316 g/mol. The zero-order valence-corrected chi connectivity index (χ0v) is 14.7. The van der Waals surface area contributed by atoms with Gasteiger partial charge in [-0.2, -0.15) is 0 Å². The van der Waals surface area contributed by atoms with Crippen LogP contribution in [0.5, 0.6) is 0 Å². The standard InChI is InChI=1S/C19H22N4O2/c1-13(15-6-4-5-10-20-15)23(3)19(25)14-7-8-17-16(12-14)21-18(24)9-11-22(17)2/h4-8,10,12-13H,9,11H2,1-3H3,(H,21,24)/t13-/m0/s1. The predicted molar refractivity (Wildman–Crippen MR) is 97.7 cm³/mol. The van der Waals surface area contributed by atoms with Crippen molar-refractivity contribution >= 4 is 23.2 Å². The summed E-state index contributed by atoms with van der Waals surface area (Å²) < 4.78 is 0. The van der Waals surface area contributed by atoms with Crippen LogP contribution in [0.15, 0.2) is 42.6 Å². The smallest absolute Gasteiger partial charge is 0.254 e. The largest absolute Gasteiger partial charge is 0.372 e. The van der Waals surface area contributed by atoms with Crippen molar-refractivity contribution in [3.05, 3.63) is 53.9 Å². The van der Waals surface area contributed by atoms with Gasteiger partial charge in [0.15, 0.2) is 0 Å². The number of fused-ring (bicyclic) bond motifs is 1. The number of carbonyl (C=O) groups is 2. The van der Waals surface area contributed by atoms with Crippen molar-refractivity contribution in [2.24, 2.45) is 0 Å². The van der Waals surface area contributed by atoms with Crippen LogP contribution in [0.2, 0.25) is 0 Å². The Morgan fingerprint density at radius 1 is 1.32 bits per heavy atom. The van der Waals surface area contributed by atoms with E-state index in [1.54, 1.807) is 30.3 Å². The molecule has 0 saturated heterocycles. The molecule has 1 aliphatic rings. The van der Waals surface area contributed by atoms with Crippen molar-refractivity contribution in [3.63, 3.8) is 0 Å². The number of hydrogen-bond acceptors (Lipinski definition) is 4. The fraction of sp³-hybridized carbons (Fsp3) is 0.316. The van der Waals surface area contributed by atoms with Crippen LogP contribution < -0.4 is 10.2 Å². The number of rotatable bonds is 3. The fourth-order valence-electron chi connectivity index (χ4n) is 2.91. The minimum Gasteiger partial charge on any atom is -0.372 e. The van der Waals surface area contributed by atoms with Crippen LogP contribution in [0.25, 0.3) is 0 Å². The van der Waals surface area contributed by atoms with Crippen molar-refractivity contribution in [3.8, 4) is 0 Å². The molecule has 1 N–H and O–H groups in total. The second-order valence-electron chi connectivity index (χ2n) is 6.30. The molecule has 0 spiro atoms. The van der Waals surface area contributed by atoms with Gasteiger partial charge in [-0.05, 0) is 37.3 Å². The highest BCUT2D eigenvalue weighted by molar-refractivity contribution is 6.00. The molecule has 1 aromatic heterocycles. The lowest BCUT2D eigenvalue weighted by atomic mass is 10.1. The van der Waals surface area contributed by atoms with Crippen LogP contribution in [0, 0.1) is 0 Å². The lowest BCUT2D eigenvalue weighted by molar-refractivity contribution is -0.115. The van der Waals surface area contributed by atoms with Gasteiger partial charge in [-0.1, -0.05) is 6.07 Å². The van der Waals surface area contributed by atoms with E-state index in [2.05, 4.69) is 10.3 Å². The molecule has 6 heteroatoms. The number of benzene rings is 1. The lowest BCUT2D eigenvalue weighted by Crippen LogP contribution is -2.30. The minimum absolute atomic E-state index is 0.0367. The monoisotopic (exact) mass is 338 g/mol. The van der Waals surface area contributed by atoms with Crippen LogP contribution in [-0.4, -0.2) is 42.3 Å². The quantitative estimate of drug-likeness (QED) is 0.934. The Balaban J connectivity index is 1.86. The molecule has 1 aliphatic heterocycles. The Labute approximate surface area is 147 Å². The van der Waals surface area contributed by atoms with Gasteiger partial charge >= 0.3 is 0 Å². The maximum Gasteiger partial charge on any atom is 0.254 e. The van der Waals surface area contributed by atoms with E-state index in [0.717, 1.165) is 11.4 Å². The van der Waals surface area contributed by atoms with Gasteiger partial charge in [0.1, 0.15) is 0 Å². The average molecular weight is 338 g/mol. The van der Waals surface area contributed by atoms with E-state index in [1.165, 1.54) is 0 Å². The third-order valence-corrected chi connectivity index (χ3v) is 4.62. The maximum absolute atomic E-state index is 12.9. The van der Waals surface area contributed by atoms with Gasteiger partial charge in [0.05, 0.1) is 23.1 Å². The molecule has 0 saturated carbocycles. The van der Waals surface area contributed by atoms with Crippen molar-refractivity contribution < 1.29 is 9.59 Å². The van der Waals surface area contributed by atoms with Crippen molar-refractivity contribution in [2.45, 2.75) is 19.4 Å². The molecule has 1 aromatic carbocycles. The molecule has 0 bridgehead atoms. The van der Waals surface area contributed by atoms with Gasteiger partial charge in [0.25, 0.3) is 5.91 Å². The molecule has 2 amide bonds. The van der Waals surface area contributed by atoms with E-state index < -0.39 is 0 Å². The molecule has 25 heavy (non-hydrogen) atoms. The first-order valence-electron chi connectivity index (χ1n) is 8.30. The van der Waals surface area contributed by atoms with E-state index >= 15 is 0 Å². The van der Waals surface area contributed by atoms with Gasteiger partial charge in [-0.15, -0.1) is 0 Å². The number of nitrogens with one attached hydrogen (secondary N) is 1. The molecule has 0 radical (unpaired) electrons. The molecule has 0 aliphatic carbocycles. The summed E-state index contributed by atoms with van der Waals surface area (Å²) in [6, 6.07) is 10.9. The Kier molecular flexibility index (Phi) is 4.70. The van der Waals surface area contributed by atoms with Crippen LogP contribution in [0.4, 0.5) is 11.4 Å². The molecule has 1 atom stereocenters. The highest BCUT2D eigenvalue weighted by atomic mass is 16.2. The average Bonchev–Trinajstić information content (AvgIpc) is 2.78. The van der Waals surface area contributed by atoms with E-state index in [4.69, 9.17) is 0 Å². The molecule has 3 rings (SSSR count). The topological polar surface area (TPSA) is 65.5 Å². The number of anilines is 2. The molecular formula is C19H22N4O2. The van der Waals surface area contributed by atoms with Crippen LogP contribution >= 0.6 is 0 Å². The maximum atomic E-state index is 12.9. The molecule has 130 valence electrons. The third kappa shape index (κ3) is 3.47. The highest BCUT2D eigenvalue weighted by Crippen LogP contribution is 2.30. The summed E-state index contributed by atoms with van der Waals surface area (Å²) in [6.45, 7) is 2.60. The number of hydrogen-bond donors (Lipinski definition) is 1. The number of carbonyl (C=O) groups excluding carboxylic acids is 2. The molecule has 0 unspecified atom stereocenters. The van der Waals surface area contributed by atoms with Gasteiger partial charge in [-0.25, -0.2) is 0 Å². The minimum atomic E-state index is -0.148. The Morgan fingerprint density at radius 3 is 2.84 bits per heavy atom. The van der Waals surface area contributed by atoms with E-state index in [1.807, 2.05) is 43.1 Å². The van der Waals surface area contributed by atoms with E-state index in [9.17, 15) is 9.59 Å². The fourth-order valence-corrected chi connectivity index (χ4v) is 2.91. The van der Waals surface area contributed by atoms with Gasteiger partial charge < -0.3 is 15.1 Å². The van der Waals surface area contributed by atoms with Crippen molar-refractivity contribution in [1.29, 1.82) is 0 Å². The third-order valence-electron chi connectivity index (χ3n) is 4.62. The zero-order valence-electron chi connectivity index (χ0n) is 14.7. The van der Waals surface area contributed by atoms with Crippen molar-refractivity contribution in [1.82, 2.24) is 9.88 Å². The zero-order chi connectivity index (χ0) is 18.0. The Hall–Kier alpha value is -2.89. The SMILES string of the molecule is C[C@@H](c1ccccn1)N(C)C(=O)c1ccc2c(c1)NC(=O)CCN2C. The van der Waals surface area contributed by atoms with Crippen LogP contribution in [0.1, 0.15) is 35.4 Å². The van der Waals surface area contributed by atoms with E-state index in [0.29, 0.717) is 24.2 Å². The van der Waals surface area contributed by atoms with Crippen LogP contribution in [-0.2, 0) is 4.79 Å². The first-order valence-corrected chi connectivity index (χ1v) is 8.30. The Bertz CT molecular complexity index is 791. The molecule has 2 aromatic rings. The number of aromatic nitrogens is 1. The summed E-state index contributed by atoms with van der Waals surface area (Å²) >= 11 is 0. The highest BCUT2D eigenvalue weighted by Gasteiger charge is 2.22. The number of nitrogens with zero attached hydrogens (tertiary/aromatic N) is 3. The predicted octanol–water partition coefficient (Wildman–Crippen LogP) is 2.69. The van der Waals surface area contributed by atoms with Gasteiger partial charge in [0.2, 0.25) is 5.91 Å². The summed E-state index contributed by atoms with van der Waals surface area (Å²) in [7, 11) is 3.70. The van der Waals surface area contributed by atoms with Crippen molar-refractivity contribution in [2.75, 3.05) is 30.9 Å². The first kappa shape index (κ1) is 17.0.